The van der Waals surface area contributed by atoms with Crippen molar-refractivity contribution in [3.8, 4) is 50.3 Å². The minimum Gasteiger partial charge on any atom is -0.306 e. The van der Waals surface area contributed by atoms with E-state index in [1.165, 1.54) is 55.6 Å². The summed E-state index contributed by atoms with van der Waals surface area (Å²) < 4.78 is 2.29. The zero-order valence-corrected chi connectivity index (χ0v) is 27.1. The highest BCUT2D eigenvalue weighted by atomic mass is 15.0. The van der Waals surface area contributed by atoms with E-state index < -0.39 is 0 Å². The molecule has 3 heterocycles. The SMILES string of the molecule is c1ccc(-c2cccc(-n3c4cnccc4c4cc(-c5ccc6c(c5)-c5ccccc5C65c6ccccc6-c6ccccc65)ncc43)c2)cc1. The van der Waals surface area contributed by atoms with Crippen LogP contribution in [0, 0.1) is 0 Å². The van der Waals surface area contributed by atoms with Crippen LogP contribution >= 0.6 is 0 Å². The Bertz CT molecular complexity index is 2780. The van der Waals surface area contributed by atoms with Crippen LogP contribution in [0.15, 0.2) is 176 Å². The fourth-order valence-electron chi connectivity index (χ4n) is 8.91. The summed E-state index contributed by atoms with van der Waals surface area (Å²) in [5.41, 5.74) is 17.9. The van der Waals surface area contributed by atoms with Gasteiger partial charge in [-0.3, -0.25) is 9.97 Å². The van der Waals surface area contributed by atoms with Crippen molar-refractivity contribution >= 4 is 21.8 Å². The molecular formula is C47H29N3. The third kappa shape index (κ3) is 3.58. The van der Waals surface area contributed by atoms with Crippen LogP contribution in [0.5, 0.6) is 0 Å². The molecule has 3 nitrogen and oxygen atoms in total. The van der Waals surface area contributed by atoms with Crippen molar-refractivity contribution in [2.75, 3.05) is 0 Å². The molecule has 2 aliphatic rings. The number of fused-ring (bicyclic) bond motifs is 13. The van der Waals surface area contributed by atoms with Crippen molar-refractivity contribution in [3.63, 3.8) is 0 Å². The van der Waals surface area contributed by atoms with Crippen molar-refractivity contribution < 1.29 is 0 Å². The lowest BCUT2D eigenvalue weighted by atomic mass is 9.70. The van der Waals surface area contributed by atoms with Crippen LogP contribution in [0.1, 0.15) is 22.3 Å². The van der Waals surface area contributed by atoms with Gasteiger partial charge in [-0.2, -0.15) is 0 Å². The topological polar surface area (TPSA) is 30.7 Å². The summed E-state index contributed by atoms with van der Waals surface area (Å²) in [4.78, 5) is 9.68. The van der Waals surface area contributed by atoms with Crippen LogP contribution in [-0.2, 0) is 5.41 Å². The normalized spacial score (nSPS) is 13.4. The number of rotatable bonds is 3. The lowest BCUT2D eigenvalue weighted by Crippen LogP contribution is -2.25. The largest absolute Gasteiger partial charge is 0.306 e. The van der Waals surface area contributed by atoms with Gasteiger partial charge in [-0.25, -0.2) is 0 Å². The van der Waals surface area contributed by atoms with Crippen molar-refractivity contribution in [1.29, 1.82) is 0 Å². The minimum absolute atomic E-state index is 0.344. The summed E-state index contributed by atoms with van der Waals surface area (Å²) in [6.07, 6.45) is 5.88. The van der Waals surface area contributed by atoms with Gasteiger partial charge in [0.05, 0.1) is 34.5 Å². The van der Waals surface area contributed by atoms with Crippen LogP contribution in [0.3, 0.4) is 0 Å². The molecule has 9 aromatic rings. The van der Waals surface area contributed by atoms with E-state index in [-0.39, 0.29) is 5.41 Å². The van der Waals surface area contributed by atoms with E-state index in [2.05, 4.69) is 167 Å². The van der Waals surface area contributed by atoms with E-state index in [0.29, 0.717) is 0 Å². The van der Waals surface area contributed by atoms with Gasteiger partial charge in [-0.05, 0) is 86.0 Å². The Balaban J connectivity index is 1.10. The summed E-state index contributed by atoms with van der Waals surface area (Å²) in [6, 6.07) is 57.5. The molecular weight excluding hydrogens is 607 g/mol. The zero-order chi connectivity index (χ0) is 32.8. The molecule has 0 aliphatic heterocycles. The number of hydrogen-bond donors (Lipinski definition) is 0. The van der Waals surface area contributed by atoms with Gasteiger partial charge in [0.25, 0.3) is 0 Å². The Morgan fingerprint density at radius 3 is 1.78 bits per heavy atom. The number of pyridine rings is 2. The van der Waals surface area contributed by atoms with Gasteiger partial charge in [0.2, 0.25) is 0 Å². The average molecular weight is 636 g/mol. The fraction of sp³-hybridized carbons (Fsp3) is 0.0213. The molecule has 2 aliphatic carbocycles. The molecule has 0 atom stereocenters. The molecule has 50 heavy (non-hydrogen) atoms. The van der Waals surface area contributed by atoms with E-state index in [0.717, 1.165) is 38.8 Å². The Kier molecular flexibility index (Phi) is 5.59. The molecule has 0 unspecified atom stereocenters. The summed E-state index contributed by atoms with van der Waals surface area (Å²) >= 11 is 0. The van der Waals surface area contributed by atoms with Crippen LogP contribution in [0.25, 0.3) is 72.1 Å². The summed E-state index contributed by atoms with van der Waals surface area (Å²) in [6.45, 7) is 0. The first-order chi connectivity index (χ1) is 24.8. The molecule has 3 heteroatoms. The predicted octanol–water partition coefficient (Wildman–Crippen LogP) is 11.3. The third-order valence-corrected chi connectivity index (χ3v) is 11.0. The summed E-state index contributed by atoms with van der Waals surface area (Å²) in [5, 5.41) is 2.32. The second-order valence-electron chi connectivity index (χ2n) is 13.4. The maximum absolute atomic E-state index is 5.14. The van der Waals surface area contributed by atoms with Crippen molar-refractivity contribution in [1.82, 2.24) is 14.5 Å². The molecule has 1 spiro atoms. The Morgan fingerprint density at radius 1 is 0.420 bits per heavy atom. The molecule has 3 aromatic heterocycles. The van der Waals surface area contributed by atoms with Gasteiger partial charge >= 0.3 is 0 Å². The maximum Gasteiger partial charge on any atom is 0.0725 e. The highest BCUT2D eigenvalue weighted by Gasteiger charge is 2.51. The number of benzene rings is 6. The molecule has 0 saturated heterocycles. The second kappa shape index (κ2) is 10.2. The van der Waals surface area contributed by atoms with E-state index in [4.69, 9.17) is 4.98 Å². The highest BCUT2D eigenvalue weighted by molar-refractivity contribution is 6.10. The van der Waals surface area contributed by atoms with Crippen molar-refractivity contribution in [2.24, 2.45) is 0 Å². The molecule has 0 radical (unpaired) electrons. The van der Waals surface area contributed by atoms with E-state index in [1.54, 1.807) is 0 Å². The molecule has 0 fully saturated rings. The molecule has 11 rings (SSSR count). The summed E-state index contributed by atoms with van der Waals surface area (Å²) in [7, 11) is 0. The minimum atomic E-state index is -0.344. The lowest BCUT2D eigenvalue weighted by Gasteiger charge is -2.30. The first kappa shape index (κ1) is 27.4. The van der Waals surface area contributed by atoms with Gasteiger partial charge in [-0.15, -0.1) is 0 Å². The monoisotopic (exact) mass is 635 g/mol. The predicted molar refractivity (Wildman–Crippen MR) is 204 cm³/mol. The van der Waals surface area contributed by atoms with Gasteiger partial charge in [0.1, 0.15) is 0 Å². The van der Waals surface area contributed by atoms with Crippen LogP contribution in [-0.4, -0.2) is 14.5 Å². The Hall–Kier alpha value is -6.58. The van der Waals surface area contributed by atoms with Crippen LogP contribution < -0.4 is 0 Å². The molecule has 232 valence electrons. The summed E-state index contributed by atoms with van der Waals surface area (Å²) in [5.74, 6) is 0. The standard InChI is InChI=1S/C47H29N3/c1-2-11-30(12-3-1)31-13-10-14-33(25-31)50-45-28-48-24-23-37(45)39-27-44(49-29-46(39)50)32-21-22-43-38(26-32)36-17-6-9-20-42(36)47(43)40-18-7-4-15-34(40)35-16-5-8-19-41(35)47/h1-29H. The zero-order valence-electron chi connectivity index (χ0n) is 27.1. The average Bonchev–Trinajstić information content (AvgIpc) is 3.80. The quantitative estimate of drug-likeness (QED) is 0.193. The van der Waals surface area contributed by atoms with Gasteiger partial charge < -0.3 is 4.57 Å². The van der Waals surface area contributed by atoms with Gasteiger partial charge in [-0.1, -0.05) is 127 Å². The number of hydrogen-bond acceptors (Lipinski definition) is 2. The first-order valence-electron chi connectivity index (χ1n) is 17.1. The first-order valence-corrected chi connectivity index (χ1v) is 17.1. The second-order valence-corrected chi connectivity index (χ2v) is 13.4. The van der Waals surface area contributed by atoms with E-state index in [1.807, 2.05) is 18.6 Å². The van der Waals surface area contributed by atoms with Crippen molar-refractivity contribution in [3.05, 3.63) is 199 Å². The Morgan fingerprint density at radius 2 is 1.04 bits per heavy atom. The van der Waals surface area contributed by atoms with Gasteiger partial charge in [0.15, 0.2) is 0 Å². The molecule has 0 saturated carbocycles. The smallest absolute Gasteiger partial charge is 0.0725 e. The van der Waals surface area contributed by atoms with Gasteiger partial charge in [0, 0.05) is 28.2 Å². The fourth-order valence-corrected chi connectivity index (χ4v) is 8.91. The van der Waals surface area contributed by atoms with E-state index in [9.17, 15) is 0 Å². The van der Waals surface area contributed by atoms with E-state index >= 15 is 0 Å². The Labute approximate surface area is 289 Å². The molecule has 0 bridgehead atoms. The van der Waals surface area contributed by atoms with Crippen molar-refractivity contribution in [2.45, 2.75) is 5.41 Å². The highest BCUT2D eigenvalue weighted by Crippen LogP contribution is 2.62. The molecule has 6 aromatic carbocycles. The number of nitrogens with zero attached hydrogens (tertiary/aromatic N) is 3. The molecule has 0 N–H and O–H groups in total. The van der Waals surface area contributed by atoms with Crippen LogP contribution in [0.2, 0.25) is 0 Å². The number of aromatic nitrogens is 3. The third-order valence-electron chi connectivity index (χ3n) is 11.0. The maximum atomic E-state index is 5.14. The molecule has 0 amide bonds. The van der Waals surface area contributed by atoms with Crippen LogP contribution in [0.4, 0.5) is 0 Å². The lowest BCUT2D eigenvalue weighted by molar-refractivity contribution is 0.794.